The van der Waals surface area contributed by atoms with Gasteiger partial charge >= 0.3 is 12.1 Å². The highest BCUT2D eigenvalue weighted by atomic mass is 16.5. The molecule has 7 heteroatoms. The predicted molar refractivity (Wildman–Crippen MR) is 97.3 cm³/mol. The molecule has 1 aliphatic carbocycles. The molecule has 0 radical (unpaired) electrons. The van der Waals surface area contributed by atoms with E-state index in [4.69, 9.17) is 9.84 Å². The second-order valence-corrected chi connectivity index (χ2v) is 6.78. The second-order valence-electron chi connectivity index (χ2n) is 6.78. The second kappa shape index (κ2) is 7.38. The number of carboxylic acids is 1. The number of alkyl carbamates (subject to hydrolysis) is 1. The number of carbonyl (C=O) groups excluding carboxylic acids is 1. The maximum Gasteiger partial charge on any atom is 0.407 e. The molecule has 2 aromatic rings. The third-order valence-electron chi connectivity index (χ3n) is 4.76. The van der Waals surface area contributed by atoms with Gasteiger partial charge in [-0.3, -0.25) is 0 Å². The Morgan fingerprint density at radius 1 is 1.11 bits per heavy atom. The number of hydrogen-bond donors (Lipinski definition) is 4. The molecule has 0 saturated carbocycles. The summed E-state index contributed by atoms with van der Waals surface area (Å²) in [5.74, 6) is -1.68. The van der Waals surface area contributed by atoms with E-state index in [1.807, 2.05) is 48.5 Å². The molecule has 1 amide bonds. The lowest BCUT2D eigenvalue weighted by atomic mass is 9.98. The number of carboxylic acid groups (broad SMARTS) is 1. The van der Waals surface area contributed by atoms with E-state index in [-0.39, 0.29) is 12.5 Å². The van der Waals surface area contributed by atoms with Crippen molar-refractivity contribution in [3.63, 3.8) is 0 Å². The average molecular weight is 371 g/mol. The lowest BCUT2D eigenvalue weighted by molar-refractivity contribution is -0.160. The van der Waals surface area contributed by atoms with Crippen LogP contribution in [0.15, 0.2) is 48.5 Å². The molecule has 142 valence electrons. The molecule has 0 unspecified atom stereocenters. The highest BCUT2D eigenvalue weighted by Gasteiger charge is 2.36. The topological polar surface area (TPSA) is 116 Å². The number of ether oxygens (including phenoxy) is 1. The van der Waals surface area contributed by atoms with Gasteiger partial charge in [-0.1, -0.05) is 48.5 Å². The predicted octanol–water partition coefficient (Wildman–Crippen LogP) is 1.72. The van der Waals surface area contributed by atoms with Gasteiger partial charge in [0.25, 0.3) is 0 Å². The van der Waals surface area contributed by atoms with Crippen molar-refractivity contribution < 1.29 is 29.6 Å². The summed E-state index contributed by atoms with van der Waals surface area (Å²) in [6.07, 6.45) is -2.82. The smallest absolute Gasteiger partial charge is 0.407 e. The zero-order valence-corrected chi connectivity index (χ0v) is 14.8. The van der Waals surface area contributed by atoms with E-state index in [2.05, 4.69) is 5.32 Å². The maximum atomic E-state index is 12.0. The van der Waals surface area contributed by atoms with Crippen LogP contribution in [-0.4, -0.2) is 52.2 Å². The Labute approximate surface area is 156 Å². The molecule has 0 saturated heterocycles. The van der Waals surface area contributed by atoms with Crippen LogP contribution in [0.2, 0.25) is 0 Å². The highest BCUT2D eigenvalue weighted by Crippen LogP contribution is 2.44. The third-order valence-corrected chi connectivity index (χ3v) is 4.76. The number of aliphatic hydroxyl groups is 2. The van der Waals surface area contributed by atoms with Crippen LogP contribution in [0.3, 0.4) is 0 Å². The van der Waals surface area contributed by atoms with Crippen LogP contribution in [0.25, 0.3) is 11.1 Å². The van der Waals surface area contributed by atoms with Gasteiger partial charge in [0.05, 0.1) is 6.54 Å². The van der Waals surface area contributed by atoms with Crippen LogP contribution < -0.4 is 5.32 Å². The molecule has 0 aromatic heterocycles. The van der Waals surface area contributed by atoms with Crippen LogP contribution in [0, 0.1) is 0 Å². The molecule has 27 heavy (non-hydrogen) atoms. The fraction of sp³-hybridized carbons (Fsp3) is 0.300. The van der Waals surface area contributed by atoms with Crippen molar-refractivity contribution >= 4 is 12.1 Å². The Morgan fingerprint density at radius 2 is 1.63 bits per heavy atom. The van der Waals surface area contributed by atoms with Crippen LogP contribution in [-0.2, 0) is 9.53 Å². The third kappa shape index (κ3) is 3.79. The molecular weight excluding hydrogens is 350 g/mol. The minimum absolute atomic E-state index is 0.101. The van der Waals surface area contributed by atoms with Gasteiger partial charge in [0.15, 0.2) is 6.10 Å². The first-order valence-corrected chi connectivity index (χ1v) is 8.53. The first-order valence-electron chi connectivity index (χ1n) is 8.53. The molecule has 0 spiro atoms. The molecule has 3 rings (SSSR count). The van der Waals surface area contributed by atoms with Crippen molar-refractivity contribution in [1.29, 1.82) is 0 Å². The Kier molecular flexibility index (Phi) is 5.16. The van der Waals surface area contributed by atoms with Gasteiger partial charge in [0, 0.05) is 5.92 Å². The SMILES string of the molecule is C[C@](O)(CNC(=O)OCC1c2ccccc2-c2ccccc21)[C@H](O)C(=O)O. The van der Waals surface area contributed by atoms with E-state index in [1.165, 1.54) is 0 Å². The molecule has 7 nitrogen and oxygen atoms in total. The maximum absolute atomic E-state index is 12.0. The molecule has 2 aromatic carbocycles. The molecule has 0 bridgehead atoms. The van der Waals surface area contributed by atoms with Crippen LogP contribution in [0.1, 0.15) is 24.0 Å². The minimum Gasteiger partial charge on any atom is -0.479 e. The summed E-state index contributed by atoms with van der Waals surface area (Å²) in [5.41, 5.74) is 2.33. The zero-order chi connectivity index (χ0) is 19.6. The van der Waals surface area contributed by atoms with Crippen molar-refractivity contribution in [1.82, 2.24) is 5.32 Å². The summed E-state index contributed by atoms with van der Waals surface area (Å²) in [7, 11) is 0. The Morgan fingerprint density at radius 3 is 2.15 bits per heavy atom. The van der Waals surface area contributed by atoms with E-state index in [0.29, 0.717) is 0 Å². The lowest BCUT2D eigenvalue weighted by Gasteiger charge is -2.26. The summed E-state index contributed by atoms with van der Waals surface area (Å²) in [5, 5.41) is 30.4. The number of fused-ring (bicyclic) bond motifs is 3. The van der Waals surface area contributed by atoms with Crippen LogP contribution in [0.5, 0.6) is 0 Å². The monoisotopic (exact) mass is 371 g/mol. The van der Waals surface area contributed by atoms with E-state index in [0.717, 1.165) is 29.2 Å². The Hall–Kier alpha value is -2.90. The molecule has 0 heterocycles. The van der Waals surface area contributed by atoms with Crippen molar-refractivity contribution in [2.45, 2.75) is 24.5 Å². The van der Waals surface area contributed by atoms with Gasteiger partial charge in [-0.15, -0.1) is 0 Å². The average Bonchev–Trinajstić information content (AvgIpc) is 2.98. The van der Waals surface area contributed by atoms with Crippen molar-refractivity contribution in [3.8, 4) is 11.1 Å². The van der Waals surface area contributed by atoms with E-state index in [1.54, 1.807) is 0 Å². The summed E-state index contributed by atoms with van der Waals surface area (Å²) < 4.78 is 5.29. The normalized spacial score (nSPS) is 16.0. The number of nitrogens with one attached hydrogen (secondary N) is 1. The molecular formula is C20H21NO6. The lowest BCUT2D eigenvalue weighted by Crippen LogP contribution is -2.52. The summed E-state index contributed by atoms with van der Waals surface area (Å²) in [6, 6.07) is 15.8. The van der Waals surface area contributed by atoms with Gasteiger partial charge in [-0.25, -0.2) is 9.59 Å². The molecule has 2 atom stereocenters. The fourth-order valence-electron chi connectivity index (χ4n) is 3.26. The minimum atomic E-state index is -2.02. The number of amides is 1. The summed E-state index contributed by atoms with van der Waals surface area (Å²) in [4.78, 5) is 22.8. The van der Waals surface area contributed by atoms with E-state index in [9.17, 15) is 19.8 Å². The van der Waals surface area contributed by atoms with Crippen LogP contribution >= 0.6 is 0 Å². The fourth-order valence-corrected chi connectivity index (χ4v) is 3.26. The highest BCUT2D eigenvalue weighted by molar-refractivity contribution is 5.79. The number of benzene rings is 2. The van der Waals surface area contributed by atoms with Gasteiger partial charge in [0.1, 0.15) is 12.2 Å². The zero-order valence-electron chi connectivity index (χ0n) is 14.8. The van der Waals surface area contributed by atoms with E-state index < -0.39 is 30.3 Å². The van der Waals surface area contributed by atoms with Gasteiger partial charge in [-0.05, 0) is 29.2 Å². The molecule has 4 N–H and O–H groups in total. The number of aliphatic carboxylic acids is 1. The van der Waals surface area contributed by atoms with Gasteiger partial charge in [0.2, 0.25) is 0 Å². The molecule has 1 aliphatic rings. The van der Waals surface area contributed by atoms with Crippen molar-refractivity contribution in [3.05, 3.63) is 59.7 Å². The van der Waals surface area contributed by atoms with Gasteiger partial charge in [-0.2, -0.15) is 0 Å². The van der Waals surface area contributed by atoms with Gasteiger partial charge < -0.3 is 25.4 Å². The quantitative estimate of drug-likeness (QED) is 0.614. The molecule has 0 fully saturated rings. The largest absolute Gasteiger partial charge is 0.479 e. The number of carbonyl (C=O) groups is 2. The summed E-state index contributed by atoms with van der Waals surface area (Å²) in [6.45, 7) is 0.760. The van der Waals surface area contributed by atoms with Crippen molar-refractivity contribution in [2.75, 3.05) is 13.2 Å². The summed E-state index contributed by atoms with van der Waals surface area (Å²) >= 11 is 0. The van der Waals surface area contributed by atoms with E-state index >= 15 is 0 Å². The Balaban J connectivity index is 1.64. The van der Waals surface area contributed by atoms with Crippen molar-refractivity contribution in [2.24, 2.45) is 0 Å². The number of hydrogen-bond acceptors (Lipinski definition) is 5. The standard InChI is InChI=1S/C20H21NO6/c1-20(26,17(22)18(23)24)11-21-19(25)27-10-16-14-8-4-2-6-12(14)13-7-3-5-9-15(13)16/h2-9,16-17,22,26H,10-11H2,1H3,(H,21,25)(H,23,24)/t17-,20+/m1/s1. The first-order chi connectivity index (χ1) is 12.8. The number of rotatable bonds is 6. The van der Waals surface area contributed by atoms with Crippen LogP contribution in [0.4, 0.5) is 4.79 Å². The number of aliphatic hydroxyl groups excluding tert-OH is 1. The Bertz CT molecular complexity index is 818. The molecule has 0 aliphatic heterocycles. The first kappa shape index (κ1) is 18.9.